The second-order valence-electron chi connectivity index (χ2n) is 7.87. The molecule has 0 aliphatic heterocycles. The fourth-order valence-electron chi connectivity index (χ4n) is 3.41. The zero-order valence-electron chi connectivity index (χ0n) is 19.4. The minimum Gasteiger partial charge on any atom is -0.465 e. The SMILES string of the molecule is COC(=O)c1cc(Oc2ccc(CCl)cc2C(F)(F)F)ccc1N(C(=O)c1ccc(Cl)cn1)C(C)C. The lowest BCUT2D eigenvalue weighted by molar-refractivity contribution is -0.138. The van der Waals surface area contributed by atoms with Crippen molar-refractivity contribution in [3.63, 3.8) is 0 Å². The average Bonchev–Trinajstić information content (AvgIpc) is 2.84. The lowest BCUT2D eigenvalue weighted by Crippen LogP contribution is -2.38. The summed E-state index contributed by atoms with van der Waals surface area (Å²) in [4.78, 5) is 31.3. The molecule has 0 saturated carbocycles. The van der Waals surface area contributed by atoms with Crippen molar-refractivity contribution in [1.82, 2.24) is 4.98 Å². The molecule has 0 unspecified atom stereocenters. The minimum atomic E-state index is -4.70. The molecule has 0 saturated heterocycles. The highest BCUT2D eigenvalue weighted by molar-refractivity contribution is 6.30. The summed E-state index contributed by atoms with van der Waals surface area (Å²) in [5.74, 6) is -1.97. The van der Waals surface area contributed by atoms with E-state index in [0.717, 1.165) is 19.2 Å². The summed E-state index contributed by atoms with van der Waals surface area (Å²) in [5, 5.41) is 0.344. The number of aromatic nitrogens is 1. The first kappa shape index (κ1) is 27.3. The van der Waals surface area contributed by atoms with Gasteiger partial charge in [-0.25, -0.2) is 9.78 Å². The molecule has 2 aromatic carbocycles. The van der Waals surface area contributed by atoms with Gasteiger partial charge in [-0.15, -0.1) is 11.6 Å². The van der Waals surface area contributed by atoms with Gasteiger partial charge in [-0.05, 0) is 61.9 Å². The molecule has 3 rings (SSSR count). The molecule has 11 heteroatoms. The highest BCUT2D eigenvalue weighted by Crippen LogP contribution is 2.40. The van der Waals surface area contributed by atoms with Crippen molar-refractivity contribution in [3.05, 3.63) is 82.1 Å². The monoisotopic (exact) mass is 540 g/mol. The van der Waals surface area contributed by atoms with Crippen LogP contribution >= 0.6 is 23.2 Å². The summed E-state index contributed by atoms with van der Waals surface area (Å²) in [6, 6.07) is 9.96. The van der Waals surface area contributed by atoms with Gasteiger partial charge in [0.1, 0.15) is 17.2 Å². The van der Waals surface area contributed by atoms with Gasteiger partial charge in [0.25, 0.3) is 5.91 Å². The van der Waals surface area contributed by atoms with Gasteiger partial charge in [-0.1, -0.05) is 17.7 Å². The van der Waals surface area contributed by atoms with Gasteiger partial charge in [-0.3, -0.25) is 4.79 Å². The van der Waals surface area contributed by atoms with E-state index in [1.165, 1.54) is 47.5 Å². The van der Waals surface area contributed by atoms with E-state index in [2.05, 4.69) is 4.98 Å². The molecule has 0 spiro atoms. The van der Waals surface area contributed by atoms with E-state index < -0.39 is 35.4 Å². The van der Waals surface area contributed by atoms with Crippen molar-refractivity contribution in [1.29, 1.82) is 0 Å². The normalized spacial score (nSPS) is 11.4. The number of ether oxygens (including phenoxy) is 2. The molecule has 1 aromatic heterocycles. The maximum absolute atomic E-state index is 13.6. The van der Waals surface area contributed by atoms with Crippen LogP contribution in [0.3, 0.4) is 0 Å². The van der Waals surface area contributed by atoms with Crippen molar-refractivity contribution in [2.45, 2.75) is 31.9 Å². The molecule has 0 aliphatic carbocycles. The summed E-state index contributed by atoms with van der Waals surface area (Å²) in [6.45, 7) is 3.46. The number of methoxy groups -OCH3 is 1. The van der Waals surface area contributed by atoms with Gasteiger partial charge in [0.15, 0.2) is 0 Å². The van der Waals surface area contributed by atoms with Gasteiger partial charge in [-0.2, -0.15) is 13.2 Å². The van der Waals surface area contributed by atoms with E-state index in [9.17, 15) is 22.8 Å². The molecule has 0 fully saturated rings. The predicted molar refractivity (Wildman–Crippen MR) is 130 cm³/mol. The van der Waals surface area contributed by atoms with Gasteiger partial charge in [0.2, 0.25) is 0 Å². The first-order valence-electron chi connectivity index (χ1n) is 10.6. The number of amides is 1. The quantitative estimate of drug-likeness (QED) is 0.235. The van der Waals surface area contributed by atoms with Crippen LogP contribution < -0.4 is 9.64 Å². The van der Waals surface area contributed by atoms with E-state index in [4.69, 9.17) is 32.7 Å². The highest BCUT2D eigenvalue weighted by Gasteiger charge is 2.35. The van der Waals surface area contributed by atoms with Crippen LogP contribution in [0.4, 0.5) is 18.9 Å². The third kappa shape index (κ3) is 6.09. The predicted octanol–water partition coefficient (Wildman–Crippen LogP) is 7.13. The van der Waals surface area contributed by atoms with Crippen LogP contribution in [0.1, 0.15) is 45.8 Å². The van der Waals surface area contributed by atoms with E-state index in [1.807, 2.05) is 0 Å². The molecule has 0 aliphatic rings. The average molecular weight is 541 g/mol. The summed E-state index contributed by atoms with van der Waals surface area (Å²) in [7, 11) is 1.15. The van der Waals surface area contributed by atoms with Crippen molar-refractivity contribution in [2.24, 2.45) is 0 Å². The molecular weight excluding hydrogens is 520 g/mol. The highest BCUT2D eigenvalue weighted by atomic mass is 35.5. The van der Waals surface area contributed by atoms with E-state index in [1.54, 1.807) is 13.8 Å². The first-order chi connectivity index (χ1) is 17.0. The Morgan fingerprint density at radius 3 is 2.36 bits per heavy atom. The van der Waals surface area contributed by atoms with Crippen molar-refractivity contribution in [2.75, 3.05) is 12.0 Å². The van der Waals surface area contributed by atoms with Crippen LogP contribution in [0.2, 0.25) is 5.02 Å². The van der Waals surface area contributed by atoms with Crippen LogP contribution in [0.15, 0.2) is 54.7 Å². The fourth-order valence-corrected chi connectivity index (χ4v) is 3.69. The Balaban J connectivity index is 2.07. The Labute approximate surface area is 215 Å². The molecule has 3 aromatic rings. The maximum atomic E-state index is 13.6. The number of alkyl halides is 4. The van der Waals surface area contributed by atoms with Crippen LogP contribution in [-0.2, 0) is 16.8 Å². The Hall–Kier alpha value is -3.30. The smallest absolute Gasteiger partial charge is 0.419 e. The zero-order chi connectivity index (χ0) is 26.6. The topological polar surface area (TPSA) is 68.7 Å². The zero-order valence-corrected chi connectivity index (χ0v) is 20.9. The summed E-state index contributed by atoms with van der Waals surface area (Å²) < 4.78 is 51.2. The van der Waals surface area contributed by atoms with E-state index in [0.29, 0.717) is 5.02 Å². The number of hydrogen-bond donors (Lipinski definition) is 0. The maximum Gasteiger partial charge on any atom is 0.419 e. The molecule has 36 heavy (non-hydrogen) atoms. The third-order valence-electron chi connectivity index (χ3n) is 5.05. The molecule has 1 heterocycles. The number of esters is 1. The van der Waals surface area contributed by atoms with Gasteiger partial charge >= 0.3 is 12.1 Å². The van der Waals surface area contributed by atoms with Crippen molar-refractivity contribution >= 4 is 40.8 Å². The van der Waals surface area contributed by atoms with Gasteiger partial charge < -0.3 is 14.4 Å². The Kier molecular flexibility index (Phi) is 8.47. The van der Waals surface area contributed by atoms with Gasteiger partial charge in [0.05, 0.1) is 28.9 Å². The third-order valence-corrected chi connectivity index (χ3v) is 5.58. The van der Waals surface area contributed by atoms with Crippen molar-refractivity contribution < 1.29 is 32.2 Å². The van der Waals surface area contributed by atoms with Crippen LogP contribution in [0.5, 0.6) is 11.5 Å². The molecule has 0 N–H and O–H groups in total. The molecule has 0 atom stereocenters. The second-order valence-corrected chi connectivity index (χ2v) is 8.57. The number of nitrogens with zero attached hydrogens (tertiary/aromatic N) is 2. The number of pyridine rings is 1. The fraction of sp³-hybridized carbons (Fsp3) is 0.240. The van der Waals surface area contributed by atoms with Crippen LogP contribution in [0.25, 0.3) is 0 Å². The van der Waals surface area contributed by atoms with Gasteiger partial charge in [0, 0.05) is 18.1 Å². The Morgan fingerprint density at radius 1 is 1.08 bits per heavy atom. The molecule has 190 valence electrons. The molecule has 0 radical (unpaired) electrons. The second kappa shape index (κ2) is 11.2. The number of benzene rings is 2. The van der Waals surface area contributed by atoms with Crippen molar-refractivity contribution in [3.8, 4) is 11.5 Å². The number of anilines is 1. The Morgan fingerprint density at radius 2 is 1.81 bits per heavy atom. The number of hydrogen-bond acceptors (Lipinski definition) is 5. The Bertz CT molecular complexity index is 1270. The lowest BCUT2D eigenvalue weighted by Gasteiger charge is -2.28. The van der Waals surface area contributed by atoms with E-state index >= 15 is 0 Å². The number of carbonyl (C=O) groups excluding carboxylic acids is 2. The summed E-state index contributed by atoms with van der Waals surface area (Å²) in [6.07, 6.45) is -3.38. The summed E-state index contributed by atoms with van der Waals surface area (Å²) >= 11 is 11.5. The lowest BCUT2D eigenvalue weighted by atomic mass is 10.1. The standard InChI is InChI=1S/C25H21Cl2F3N2O4/c1-14(2)32(23(33)20-7-5-16(27)13-31-20)21-8-6-17(11-18(21)24(34)35-3)36-22-9-4-15(12-26)10-19(22)25(28,29)30/h4-11,13-14H,12H2,1-3H3. The number of halogens is 5. The molecular formula is C25H21Cl2F3N2O4. The van der Waals surface area contributed by atoms with Crippen LogP contribution in [-0.4, -0.2) is 30.0 Å². The molecule has 0 bridgehead atoms. The molecule has 1 amide bonds. The van der Waals surface area contributed by atoms with E-state index in [-0.39, 0.29) is 34.1 Å². The number of rotatable bonds is 7. The largest absolute Gasteiger partial charge is 0.465 e. The minimum absolute atomic E-state index is 0.0657. The molecule has 6 nitrogen and oxygen atoms in total. The first-order valence-corrected chi connectivity index (χ1v) is 11.5. The number of carbonyl (C=O) groups is 2. The summed E-state index contributed by atoms with van der Waals surface area (Å²) in [5.41, 5.74) is -0.587. The van der Waals surface area contributed by atoms with Crippen LogP contribution in [0, 0.1) is 0 Å².